The first-order valence-electron chi connectivity index (χ1n) is 6.36. The monoisotopic (exact) mass is 282 g/mol. The topological polar surface area (TPSA) is 55.6 Å². The minimum Gasteiger partial charge on any atom is -0.378 e. The zero-order valence-corrected chi connectivity index (χ0v) is 12.0. The van der Waals surface area contributed by atoms with Gasteiger partial charge in [0.15, 0.2) is 0 Å². The summed E-state index contributed by atoms with van der Waals surface area (Å²) in [5.41, 5.74) is 0.260. The van der Waals surface area contributed by atoms with Crippen molar-refractivity contribution in [1.82, 2.24) is 0 Å². The molecule has 0 aromatic carbocycles. The third-order valence-electron chi connectivity index (χ3n) is 3.03. The summed E-state index contributed by atoms with van der Waals surface area (Å²) < 4.78 is 5.32. The lowest BCUT2D eigenvalue weighted by Crippen LogP contribution is -2.35. The van der Waals surface area contributed by atoms with Gasteiger partial charge in [0.25, 0.3) is 0 Å². The molecule has 1 aliphatic rings. The fraction of sp³-hybridized carbons (Fsp3) is 0.538. The molecule has 19 heavy (non-hydrogen) atoms. The summed E-state index contributed by atoms with van der Waals surface area (Å²) in [6, 6.07) is 3.97. The van der Waals surface area contributed by atoms with E-state index in [1.807, 2.05) is 26.0 Å². The highest BCUT2D eigenvalue weighted by atomic mass is 32.1. The number of thiophene rings is 1. The number of nitro groups is 1. The molecule has 0 N–H and O–H groups in total. The molecule has 2 heterocycles. The highest BCUT2D eigenvalue weighted by Gasteiger charge is 2.17. The van der Waals surface area contributed by atoms with Gasteiger partial charge in [-0.05, 0) is 12.1 Å². The van der Waals surface area contributed by atoms with Crippen molar-refractivity contribution in [3.63, 3.8) is 0 Å². The molecule has 104 valence electrons. The van der Waals surface area contributed by atoms with E-state index in [2.05, 4.69) is 4.90 Å². The highest BCUT2D eigenvalue weighted by Crippen LogP contribution is 2.29. The summed E-state index contributed by atoms with van der Waals surface area (Å²) in [5, 5.41) is 12.1. The number of anilines is 1. The van der Waals surface area contributed by atoms with E-state index in [0.29, 0.717) is 0 Å². The Morgan fingerprint density at radius 3 is 2.74 bits per heavy atom. The van der Waals surface area contributed by atoms with Crippen molar-refractivity contribution in [2.24, 2.45) is 5.92 Å². The Kier molecular flexibility index (Phi) is 4.55. The quantitative estimate of drug-likeness (QED) is 0.629. The van der Waals surface area contributed by atoms with Crippen LogP contribution in [0.1, 0.15) is 18.7 Å². The summed E-state index contributed by atoms with van der Waals surface area (Å²) in [4.78, 5) is 13.9. The van der Waals surface area contributed by atoms with E-state index in [-0.39, 0.29) is 16.5 Å². The Morgan fingerprint density at radius 1 is 1.47 bits per heavy atom. The Bertz CT molecular complexity index is 476. The first kappa shape index (κ1) is 14.0. The van der Waals surface area contributed by atoms with Crippen LogP contribution in [0.25, 0.3) is 6.08 Å². The van der Waals surface area contributed by atoms with Gasteiger partial charge >= 0.3 is 0 Å². The lowest BCUT2D eigenvalue weighted by atomic mass is 10.1. The van der Waals surface area contributed by atoms with Gasteiger partial charge < -0.3 is 9.64 Å². The zero-order valence-electron chi connectivity index (χ0n) is 11.2. The second-order valence-corrected chi connectivity index (χ2v) is 5.85. The number of rotatable bonds is 4. The van der Waals surface area contributed by atoms with Crippen molar-refractivity contribution in [1.29, 1.82) is 0 Å². The molecule has 1 aliphatic heterocycles. The van der Waals surface area contributed by atoms with E-state index in [1.165, 1.54) is 0 Å². The standard InChI is InChI=1S/C13H18N2O3S/c1-10(2)12(15(16)17)9-11-3-4-13(19-11)14-5-7-18-8-6-14/h3-4,9-10H,5-8H2,1-2H3/b12-9-. The molecule has 0 saturated carbocycles. The van der Waals surface area contributed by atoms with E-state index in [9.17, 15) is 10.1 Å². The van der Waals surface area contributed by atoms with E-state index in [4.69, 9.17) is 4.74 Å². The van der Waals surface area contributed by atoms with Gasteiger partial charge in [-0.25, -0.2) is 0 Å². The van der Waals surface area contributed by atoms with Crippen LogP contribution in [-0.2, 0) is 4.74 Å². The van der Waals surface area contributed by atoms with Gasteiger partial charge in [-0.1, -0.05) is 13.8 Å². The third-order valence-corrected chi connectivity index (χ3v) is 4.12. The lowest BCUT2D eigenvalue weighted by molar-refractivity contribution is -0.431. The second kappa shape index (κ2) is 6.16. The molecular weight excluding hydrogens is 264 g/mol. The van der Waals surface area contributed by atoms with Crippen LogP contribution < -0.4 is 4.90 Å². The van der Waals surface area contributed by atoms with Gasteiger partial charge in [-0.2, -0.15) is 0 Å². The Hall–Kier alpha value is -1.40. The molecule has 0 spiro atoms. The number of allylic oxidation sites excluding steroid dienone is 1. The molecule has 1 saturated heterocycles. The Labute approximate surface area is 116 Å². The summed E-state index contributed by atoms with van der Waals surface area (Å²) in [7, 11) is 0. The molecule has 0 amide bonds. The summed E-state index contributed by atoms with van der Waals surface area (Å²) in [6.45, 7) is 6.94. The van der Waals surface area contributed by atoms with Gasteiger partial charge in [0.2, 0.25) is 5.70 Å². The minimum atomic E-state index is -0.293. The predicted octanol–water partition coefficient (Wildman–Crippen LogP) is 2.86. The highest BCUT2D eigenvalue weighted by molar-refractivity contribution is 7.16. The molecule has 2 rings (SSSR count). The second-order valence-electron chi connectivity index (χ2n) is 4.76. The molecule has 6 heteroatoms. The van der Waals surface area contributed by atoms with Crippen molar-refractivity contribution >= 4 is 22.4 Å². The molecule has 0 atom stereocenters. The SMILES string of the molecule is CC(C)/C(=C/c1ccc(N2CCOCC2)s1)[N+](=O)[O-]. The van der Waals surface area contributed by atoms with Gasteiger partial charge in [0, 0.05) is 30.0 Å². The van der Waals surface area contributed by atoms with E-state index in [0.717, 1.165) is 36.2 Å². The van der Waals surface area contributed by atoms with E-state index in [1.54, 1.807) is 17.4 Å². The smallest absolute Gasteiger partial charge is 0.250 e. The predicted molar refractivity (Wildman–Crippen MR) is 77.2 cm³/mol. The number of hydrogen-bond acceptors (Lipinski definition) is 5. The normalized spacial score (nSPS) is 17.0. The molecule has 0 radical (unpaired) electrons. The average molecular weight is 282 g/mol. The fourth-order valence-electron chi connectivity index (χ4n) is 1.95. The number of nitrogens with zero attached hydrogens (tertiary/aromatic N) is 2. The Morgan fingerprint density at radius 2 is 2.16 bits per heavy atom. The molecule has 0 bridgehead atoms. The summed E-state index contributed by atoms with van der Waals surface area (Å²) in [5.74, 6) is -0.0797. The van der Waals surface area contributed by atoms with Crippen LogP contribution in [0.2, 0.25) is 0 Å². The van der Waals surface area contributed by atoms with E-state index < -0.39 is 0 Å². The van der Waals surface area contributed by atoms with Gasteiger partial charge in [-0.15, -0.1) is 11.3 Å². The number of morpholine rings is 1. The molecule has 1 fully saturated rings. The first-order chi connectivity index (χ1) is 9.08. The van der Waals surface area contributed by atoms with E-state index >= 15 is 0 Å². The lowest BCUT2D eigenvalue weighted by Gasteiger charge is -2.27. The maximum Gasteiger partial charge on any atom is 0.250 e. The van der Waals surface area contributed by atoms with Crippen molar-refractivity contribution in [3.05, 3.63) is 32.8 Å². The van der Waals surface area contributed by atoms with Crippen molar-refractivity contribution in [2.75, 3.05) is 31.2 Å². The van der Waals surface area contributed by atoms with Crippen LogP contribution in [0.15, 0.2) is 17.8 Å². The summed E-state index contributed by atoms with van der Waals surface area (Å²) in [6.07, 6.45) is 1.68. The van der Waals surface area contributed by atoms with Crippen LogP contribution in [-0.4, -0.2) is 31.2 Å². The largest absolute Gasteiger partial charge is 0.378 e. The van der Waals surface area contributed by atoms with Crippen molar-refractivity contribution < 1.29 is 9.66 Å². The van der Waals surface area contributed by atoms with Gasteiger partial charge in [0.05, 0.1) is 23.1 Å². The fourth-order valence-corrected chi connectivity index (χ4v) is 2.95. The van der Waals surface area contributed by atoms with Crippen molar-refractivity contribution in [2.45, 2.75) is 13.8 Å². The first-order valence-corrected chi connectivity index (χ1v) is 7.18. The van der Waals surface area contributed by atoms with Crippen LogP contribution in [0.4, 0.5) is 5.00 Å². The molecular formula is C13H18N2O3S. The zero-order chi connectivity index (χ0) is 13.8. The Balaban J connectivity index is 2.15. The molecule has 1 aromatic heterocycles. The van der Waals surface area contributed by atoms with Crippen LogP contribution in [0, 0.1) is 16.0 Å². The van der Waals surface area contributed by atoms with Crippen LogP contribution in [0.3, 0.4) is 0 Å². The summed E-state index contributed by atoms with van der Waals surface area (Å²) >= 11 is 1.59. The molecule has 1 aromatic rings. The minimum absolute atomic E-state index is 0.0797. The molecule has 5 nitrogen and oxygen atoms in total. The van der Waals surface area contributed by atoms with Crippen LogP contribution in [0.5, 0.6) is 0 Å². The average Bonchev–Trinajstić information content (AvgIpc) is 2.85. The van der Waals surface area contributed by atoms with Gasteiger partial charge in [0.1, 0.15) is 0 Å². The number of hydrogen-bond donors (Lipinski definition) is 0. The third kappa shape index (κ3) is 3.54. The maximum atomic E-state index is 11.0. The molecule has 0 aliphatic carbocycles. The number of ether oxygens (including phenoxy) is 1. The van der Waals surface area contributed by atoms with Crippen LogP contribution >= 0.6 is 11.3 Å². The molecule has 0 unspecified atom stereocenters. The van der Waals surface area contributed by atoms with Gasteiger partial charge in [-0.3, -0.25) is 10.1 Å². The maximum absolute atomic E-state index is 11.0. The van der Waals surface area contributed by atoms with Crippen molar-refractivity contribution in [3.8, 4) is 0 Å².